The molecule has 0 radical (unpaired) electrons. The minimum absolute atomic E-state index is 0.245. The van der Waals surface area contributed by atoms with Gasteiger partial charge in [0.05, 0.1) is 16.9 Å². The van der Waals surface area contributed by atoms with Crippen molar-refractivity contribution in [2.45, 2.75) is 26.4 Å². The van der Waals surface area contributed by atoms with E-state index in [-0.39, 0.29) is 6.04 Å². The Balaban J connectivity index is 1.79. The van der Waals surface area contributed by atoms with E-state index in [0.717, 1.165) is 34.1 Å². The minimum Gasteiger partial charge on any atom is -0.336 e. The van der Waals surface area contributed by atoms with Gasteiger partial charge >= 0.3 is 0 Å². The Kier molecular flexibility index (Phi) is 5.24. The first-order chi connectivity index (χ1) is 11.6. The fourth-order valence-corrected chi connectivity index (χ4v) is 3.43. The molecule has 24 heavy (non-hydrogen) atoms. The molecule has 0 aliphatic heterocycles. The van der Waals surface area contributed by atoms with Gasteiger partial charge in [-0.15, -0.1) is 0 Å². The molecule has 0 fully saturated rings. The van der Waals surface area contributed by atoms with Crippen LogP contribution in [0, 0.1) is 6.92 Å². The van der Waals surface area contributed by atoms with Gasteiger partial charge in [-0.25, -0.2) is 4.68 Å². The van der Waals surface area contributed by atoms with Crippen molar-refractivity contribution in [3.8, 4) is 5.69 Å². The average Bonchev–Trinajstić information content (AvgIpc) is 2.88. The third kappa shape index (κ3) is 3.48. The monoisotopic (exact) mass is 360 g/mol. The standard InChI is InChI=1S/C19H19Cl2N3/c1-13(16-10-6-7-11-18(16)20)22-12-17-14(2)23-24(19(17)21)15-8-4-3-5-9-15/h3-11,13,22H,12H2,1-2H3/p+1/t13-/m1/s1. The second-order valence-electron chi connectivity index (χ2n) is 5.85. The Labute approximate surface area is 152 Å². The predicted octanol–water partition coefficient (Wildman–Crippen LogP) is 4.31. The molecule has 2 N–H and O–H groups in total. The van der Waals surface area contributed by atoms with Crippen LogP contribution in [0.25, 0.3) is 5.69 Å². The summed E-state index contributed by atoms with van der Waals surface area (Å²) in [6, 6.07) is 18.1. The minimum atomic E-state index is 0.245. The molecule has 1 heterocycles. The molecule has 0 aliphatic carbocycles. The maximum Gasteiger partial charge on any atom is 0.142 e. The van der Waals surface area contributed by atoms with E-state index in [1.807, 2.05) is 55.5 Å². The summed E-state index contributed by atoms with van der Waals surface area (Å²) in [5.74, 6) is 0. The van der Waals surface area contributed by atoms with Crippen LogP contribution in [0.2, 0.25) is 10.2 Å². The second-order valence-corrected chi connectivity index (χ2v) is 6.62. The van der Waals surface area contributed by atoms with Crippen LogP contribution in [0.1, 0.15) is 29.8 Å². The van der Waals surface area contributed by atoms with Gasteiger partial charge in [-0.1, -0.05) is 59.6 Å². The van der Waals surface area contributed by atoms with Crippen molar-refractivity contribution in [2.24, 2.45) is 0 Å². The fraction of sp³-hybridized carbons (Fsp3) is 0.211. The highest BCUT2D eigenvalue weighted by atomic mass is 35.5. The van der Waals surface area contributed by atoms with Crippen LogP contribution in [0.3, 0.4) is 0 Å². The maximum atomic E-state index is 6.58. The molecular weight excluding hydrogens is 341 g/mol. The second kappa shape index (κ2) is 7.39. The molecule has 124 valence electrons. The first kappa shape index (κ1) is 17.0. The molecule has 0 saturated carbocycles. The zero-order valence-corrected chi connectivity index (χ0v) is 15.2. The summed E-state index contributed by atoms with van der Waals surface area (Å²) in [5, 5.41) is 8.28. The quantitative estimate of drug-likeness (QED) is 0.722. The normalized spacial score (nSPS) is 12.3. The number of hydrogen-bond donors (Lipinski definition) is 1. The summed E-state index contributed by atoms with van der Waals surface area (Å²) in [4.78, 5) is 0. The van der Waals surface area contributed by atoms with Crippen LogP contribution in [0.4, 0.5) is 0 Å². The molecule has 3 rings (SSSR count). The highest BCUT2D eigenvalue weighted by Crippen LogP contribution is 2.23. The Hall–Kier alpha value is -1.81. The molecule has 0 amide bonds. The topological polar surface area (TPSA) is 34.4 Å². The van der Waals surface area contributed by atoms with E-state index in [4.69, 9.17) is 23.2 Å². The Bertz CT molecular complexity index is 828. The summed E-state index contributed by atoms with van der Waals surface area (Å²) in [6.07, 6.45) is 0. The molecule has 2 aromatic carbocycles. The Morgan fingerprint density at radius 2 is 1.71 bits per heavy atom. The predicted molar refractivity (Wildman–Crippen MR) is 98.8 cm³/mol. The van der Waals surface area contributed by atoms with Gasteiger partial charge in [0.1, 0.15) is 17.7 Å². The molecule has 1 aromatic heterocycles. The summed E-state index contributed by atoms with van der Waals surface area (Å²) in [5.41, 5.74) is 4.10. The molecule has 0 bridgehead atoms. The molecule has 0 saturated heterocycles. The molecule has 5 heteroatoms. The fourth-order valence-electron chi connectivity index (χ4n) is 2.77. The van der Waals surface area contributed by atoms with E-state index in [0.29, 0.717) is 5.15 Å². The molecule has 1 atom stereocenters. The van der Waals surface area contributed by atoms with Crippen molar-refractivity contribution in [1.82, 2.24) is 9.78 Å². The van der Waals surface area contributed by atoms with Gasteiger partial charge < -0.3 is 5.32 Å². The van der Waals surface area contributed by atoms with E-state index < -0.39 is 0 Å². The van der Waals surface area contributed by atoms with E-state index in [9.17, 15) is 0 Å². The highest BCUT2D eigenvalue weighted by Gasteiger charge is 2.18. The van der Waals surface area contributed by atoms with Gasteiger partial charge in [0.2, 0.25) is 0 Å². The van der Waals surface area contributed by atoms with Gasteiger partial charge in [-0.05, 0) is 32.0 Å². The lowest BCUT2D eigenvalue weighted by atomic mass is 10.1. The smallest absolute Gasteiger partial charge is 0.142 e. The number of benzene rings is 2. The van der Waals surface area contributed by atoms with E-state index in [1.165, 1.54) is 0 Å². The Morgan fingerprint density at radius 3 is 2.42 bits per heavy atom. The Morgan fingerprint density at radius 1 is 1.04 bits per heavy atom. The first-order valence-electron chi connectivity index (χ1n) is 7.95. The molecular formula is C19H20Cl2N3+. The summed E-state index contributed by atoms with van der Waals surface area (Å²) in [7, 11) is 0. The molecule has 3 aromatic rings. The molecule has 3 nitrogen and oxygen atoms in total. The number of quaternary nitrogens is 1. The van der Waals surface area contributed by atoms with Crippen LogP contribution in [-0.2, 0) is 6.54 Å². The summed E-state index contributed by atoms with van der Waals surface area (Å²) in [6.45, 7) is 4.89. The van der Waals surface area contributed by atoms with Gasteiger partial charge in [0.25, 0.3) is 0 Å². The van der Waals surface area contributed by atoms with Crippen LogP contribution >= 0.6 is 23.2 Å². The average molecular weight is 361 g/mol. The van der Waals surface area contributed by atoms with E-state index in [1.54, 1.807) is 4.68 Å². The van der Waals surface area contributed by atoms with Gasteiger partial charge in [-0.3, -0.25) is 0 Å². The number of hydrogen-bond acceptors (Lipinski definition) is 1. The summed E-state index contributed by atoms with van der Waals surface area (Å²) < 4.78 is 1.79. The first-order valence-corrected chi connectivity index (χ1v) is 8.70. The maximum absolute atomic E-state index is 6.58. The van der Waals surface area contributed by atoms with Crippen molar-refractivity contribution < 1.29 is 5.32 Å². The third-order valence-electron chi connectivity index (χ3n) is 4.19. The van der Waals surface area contributed by atoms with Crippen molar-refractivity contribution in [3.05, 3.63) is 81.6 Å². The molecule has 0 aliphatic rings. The van der Waals surface area contributed by atoms with Crippen molar-refractivity contribution in [1.29, 1.82) is 0 Å². The SMILES string of the molecule is Cc1nn(-c2ccccc2)c(Cl)c1C[NH2+][C@H](C)c1ccccc1Cl. The summed E-state index contributed by atoms with van der Waals surface area (Å²) >= 11 is 12.9. The van der Waals surface area contributed by atoms with E-state index in [2.05, 4.69) is 23.4 Å². The largest absolute Gasteiger partial charge is 0.336 e. The number of nitrogens with zero attached hydrogens (tertiary/aromatic N) is 2. The van der Waals surface area contributed by atoms with Gasteiger partial charge in [0.15, 0.2) is 0 Å². The highest BCUT2D eigenvalue weighted by molar-refractivity contribution is 6.31. The lowest BCUT2D eigenvalue weighted by Crippen LogP contribution is -2.83. The number of para-hydroxylation sites is 1. The van der Waals surface area contributed by atoms with Crippen LogP contribution in [-0.4, -0.2) is 9.78 Å². The number of aromatic nitrogens is 2. The van der Waals surface area contributed by atoms with E-state index >= 15 is 0 Å². The number of halogens is 2. The molecule has 0 spiro atoms. The lowest BCUT2D eigenvalue weighted by molar-refractivity contribution is -0.707. The van der Waals surface area contributed by atoms with Crippen molar-refractivity contribution >= 4 is 23.2 Å². The van der Waals surface area contributed by atoms with Crippen LogP contribution in [0.5, 0.6) is 0 Å². The number of nitrogens with two attached hydrogens (primary N) is 1. The van der Waals surface area contributed by atoms with Crippen LogP contribution < -0.4 is 5.32 Å². The third-order valence-corrected chi connectivity index (χ3v) is 4.93. The van der Waals surface area contributed by atoms with Crippen molar-refractivity contribution in [3.63, 3.8) is 0 Å². The number of rotatable bonds is 5. The van der Waals surface area contributed by atoms with Gasteiger partial charge in [-0.2, -0.15) is 5.10 Å². The molecule has 0 unspecified atom stereocenters. The van der Waals surface area contributed by atoms with Crippen molar-refractivity contribution in [2.75, 3.05) is 0 Å². The zero-order chi connectivity index (χ0) is 17.1. The number of aryl methyl sites for hydroxylation is 1. The lowest BCUT2D eigenvalue weighted by Gasteiger charge is -2.12. The zero-order valence-electron chi connectivity index (χ0n) is 13.7. The van der Waals surface area contributed by atoms with Crippen LogP contribution in [0.15, 0.2) is 54.6 Å². The van der Waals surface area contributed by atoms with Gasteiger partial charge in [0, 0.05) is 10.6 Å².